The van der Waals surface area contributed by atoms with E-state index in [4.69, 9.17) is 4.74 Å². The highest BCUT2D eigenvalue weighted by atomic mass is 19.1. The smallest absolute Gasteiger partial charge is 0.243 e. The first-order chi connectivity index (χ1) is 18.5. The highest BCUT2D eigenvalue weighted by molar-refractivity contribution is 5.84. The summed E-state index contributed by atoms with van der Waals surface area (Å²) >= 11 is 0. The fourth-order valence-electron chi connectivity index (χ4n) is 4.14. The van der Waals surface area contributed by atoms with E-state index >= 15 is 0 Å². The second-order valence-corrected chi connectivity index (χ2v) is 8.94. The number of anilines is 2. The van der Waals surface area contributed by atoms with Gasteiger partial charge in [0.25, 0.3) is 0 Å². The summed E-state index contributed by atoms with van der Waals surface area (Å²) in [7, 11) is 1.66. The molecule has 0 radical (unpaired) electrons. The third-order valence-electron chi connectivity index (χ3n) is 6.00. The SMILES string of the molecule is COc1ccccc1CCNc1nc(C)cc(N[C@@H](Cc2ccccc2)C(=O)NCc2cccc(F)c2)n1. The summed E-state index contributed by atoms with van der Waals surface area (Å²) in [5, 5.41) is 9.48. The van der Waals surface area contributed by atoms with Crippen LogP contribution in [0.3, 0.4) is 0 Å². The van der Waals surface area contributed by atoms with E-state index < -0.39 is 6.04 Å². The van der Waals surface area contributed by atoms with Crippen LogP contribution < -0.4 is 20.7 Å². The third-order valence-corrected chi connectivity index (χ3v) is 6.00. The van der Waals surface area contributed by atoms with E-state index in [9.17, 15) is 9.18 Å². The first-order valence-corrected chi connectivity index (χ1v) is 12.5. The molecule has 1 aromatic heterocycles. The third kappa shape index (κ3) is 7.77. The number of halogens is 1. The molecule has 1 amide bonds. The Morgan fingerprint density at radius 1 is 0.947 bits per heavy atom. The molecule has 3 N–H and O–H groups in total. The number of benzene rings is 3. The molecule has 8 heteroatoms. The normalized spacial score (nSPS) is 11.4. The van der Waals surface area contributed by atoms with E-state index in [-0.39, 0.29) is 18.3 Å². The molecule has 4 rings (SSSR count). The summed E-state index contributed by atoms with van der Waals surface area (Å²) in [4.78, 5) is 22.3. The van der Waals surface area contributed by atoms with Gasteiger partial charge < -0.3 is 20.7 Å². The van der Waals surface area contributed by atoms with E-state index in [0.29, 0.717) is 30.3 Å². The molecule has 0 aliphatic carbocycles. The Morgan fingerprint density at radius 2 is 1.71 bits per heavy atom. The van der Waals surface area contributed by atoms with Crippen LogP contribution in [0.4, 0.5) is 16.2 Å². The van der Waals surface area contributed by atoms with Gasteiger partial charge in [0.2, 0.25) is 11.9 Å². The molecule has 7 nitrogen and oxygen atoms in total. The number of aryl methyl sites for hydroxylation is 1. The number of amides is 1. The molecule has 196 valence electrons. The van der Waals surface area contributed by atoms with Crippen molar-refractivity contribution in [1.82, 2.24) is 15.3 Å². The number of aromatic nitrogens is 2. The number of rotatable bonds is 12. The minimum atomic E-state index is -0.596. The van der Waals surface area contributed by atoms with E-state index in [1.54, 1.807) is 19.2 Å². The Balaban J connectivity index is 1.45. The zero-order valence-electron chi connectivity index (χ0n) is 21.6. The first-order valence-electron chi connectivity index (χ1n) is 12.5. The molecule has 0 unspecified atom stereocenters. The lowest BCUT2D eigenvalue weighted by atomic mass is 10.0. The van der Waals surface area contributed by atoms with Gasteiger partial charge in [-0.05, 0) is 48.2 Å². The average Bonchev–Trinajstić information content (AvgIpc) is 2.92. The Kier molecular flexibility index (Phi) is 9.23. The zero-order chi connectivity index (χ0) is 26.7. The zero-order valence-corrected chi connectivity index (χ0v) is 21.6. The number of para-hydroxylation sites is 1. The number of ether oxygens (including phenoxy) is 1. The lowest BCUT2D eigenvalue weighted by Gasteiger charge is -2.20. The van der Waals surface area contributed by atoms with Crippen molar-refractivity contribution in [2.45, 2.75) is 32.4 Å². The van der Waals surface area contributed by atoms with Crippen LogP contribution in [0.15, 0.2) is 84.9 Å². The molecule has 0 fully saturated rings. The van der Waals surface area contributed by atoms with Gasteiger partial charge in [-0.1, -0.05) is 60.7 Å². The van der Waals surface area contributed by atoms with Gasteiger partial charge in [-0.15, -0.1) is 0 Å². The van der Waals surface area contributed by atoms with E-state index in [0.717, 1.165) is 29.0 Å². The minimum Gasteiger partial charge on any atom is -0.496 e. The maximum absolute atomic E-state index is 13.6. The molecule has 0 aliphatic heterocycles. The molecule has 0 spiro atoms. The lowest BCUT2D eigenvalue weighted by Crippen LogP contribution is -2.41. The molecule has 3 aromatic carbocycles. The molecular formula is C30H32FN5O2. The van der Waals surface area contributed by atoms with Crippen molar-refractivity contribution in [2.75, 3.05) is 24.3 Å². The van der Waals surface area contributed by atoms with Gasteiger partial charge >= 0.3 is 0 Å². The number of hydrogen-bond donors (Lipinski definition) is 3. The highest BCUT2D eigenvalue weighted by Crippen LogP contribution is 2.18. The van der Waals surface area contributed by atoms with Crippen LogP contribution >= 0.6 is 0 Å². The predicted octanol–water partition coefficient (Wildman–Crippen LogP) is 4.93. The molecule has 0 saturated carbocycles. The largest absolute Gasteiger partial charge is 0.496 e. The maximum atomic E-state index is 13.6. The average molecular weight is 514 g/mol. The Morgan fingerprint density at radius 3 is 2.50 bits per heavy atom. The van der Waals surface area contributed by atoms with Gasteiger partial charge in [0.05, 0.1) is 7.11 Å². The van der Waals surface area contributed by atoms with E-state index in [1.165, 1.54) is 12.1 Å². The van der Waals surface area contributed by atoms with Gasteiger partial charge in [0.15, 0.2) is 0 Å². The van der Waals surface area contributed by atoms with E-state index in [2.05, 4.69) is 25.9 Å². The second kappa shape index (κ2) is 13.2. The van der Waals surface area contributed by atoms with Crippen molar-refractivity contribution in [3.63, 3.8) is 0 Å². The van der Waals surface area contributed by atoms with E-state index in [1.807, 2.05) is 67.6 Å². The predicted molar refractivity (Wildman–Crippen MR) is 148 cm³/mol. The van der Waals surface area contributed by atoms with Crippen molar-refractivity contribution in [3.8, 4) is 5.75 Å². The molecule has 4 aromatic rings. The van der Waals surface area contributed by atoms with Gasteiger partial charge in [-0.2, -0.15) is 4.98 Å². The van der Waals surface area contributed by atoms with Crippen LogP contribution in [0.1, 0.15) is 22.4 Å². The molecular weight excluding hydrogens is 481 g/mol. The molecule has 1 heterocycles. The van der Waals surface area contributed by atoms with Crippen LogP contribution in [0.2, 0.25) is 0 Å². The summed E-state index contributed by atoms with van der Waals surface area (Å²) < 4.78 is 19.0. The van der Waals surface area contributed by atoms with Crippen molar-refractivity contribution in [3.05, 3.63) is 113 Å². The quantitative estimate of drug-likeness (QED) is 0.249. The monoisotopic (exact) mass is 513 g/mol. The summed E-state index contributed by atoms with van der Waals surface area (Å²) in [5.74, 6) is 1.31. The second-order valence-electron chi connectivity index (χ2n) is 8.94. The van der Waals surface area contributed by atoms with Crippen LogP contribution in [0.25, 0.3) is 0 Å². The Hall–Kier alpha value is -4.46. The molecule has 38 heavy (non-hydrogen) atoms. The first kappa shape index (κ1) is 26.6. The topological polar surface area (TPSA) is 88.2 Å². The van der Waals surface area contributed by atoms with Crippen molar-refractivity contribution in [1.29, 1.82) is 0 Å². The maximum Gasteiger partial charge on any atom is 0.243 e. The van der Waals surface area contributed by atoms with Crippen LogP contribution in [-0.4, -0.2) is 35.6 Å². The van der Waals surface area contributed by atoms with Crippen molar-refractivity contribution < 1.29 is 13.9 Å². The van der Waals surface area contributed by atoms with Gasteiger partial charge in [-0.25, -0.2) is 9.37 Å². The van der Waals surface area contributed by atoms with Crippen molar-refractivity contribution in [2.24, 2.45) is 0 Å². The summed E-state index contributed by atoms with van der Waals surface area (Å²) in [5.41, 5.74) is 3.55. The van der Waals surface area contributed by atoms with Crippen LogP contribution in [-0.2, 0) is 24.2 Å². The summed E-state index contributed by atoms with van der Waals surface area (Å²) in [6.07, 6.45) is 1.19. The number of nitrogens with zero attached hydrogens (tertiary/aromatic N) is 2. The van der Waals surface area contributed by atoms with Crippen LogP contribution in [0.5, 0.6) is 5.75 Å². The minimum absolute atomic E-state index is 0.208. The van der Waals surface area contributed by atoms with Gasteiger partial charge in [0, 0.05) is 31.3 Å². The number of nitrogens with one attached hydrogen (secondary N) is 3. The summed E-state index contributed by atoms with van der Waals surface area (Å²) in [6.45, 7) is 2.72. The highest BCUT2D eigenvalue weighted by Gasteiger charge is 2.20. The number of methoxy groups -OCH3 is 1. The Labute approximate surface area is 222 Å². The van der Waals surface area contributed by atoms with Crippen LogP contribution in [0, 0.1) is 12.7 Å². The summed E-state index contributed by atoms with van der Waals surface area (Å²) in [6, 6.07) is 25.1. The number of carbonyl (C=O) groups is 1. The van der Waals surface area contributed by atoms with Crippen molar-refractivity contribution >= 4 is 17.7 Å². The molecule has 0 saturated heterocycles. The molecule has 0 aliphatic rings. The Bertz CT molecular complexity index is 1350. The fourth-order valence-corrected chi connectivity index (χ4v) is 4.14. The molecule has 0 bridgehead atoms. The lowest BCUT2D eigenvalue weighted by molar-refractivity contribution is -0.122. The van der Waals surface area contributed by atoms with Gasteiger partial charge in [0.1, 0.15) is 23.4 Å². The number of carbonyl (C=O) groups excluding carboxylic acids is 1. The standard InChI is InChI=1S/C30H32FN5O2/c1-21-17-28(36-30(34-21)32-16-15-24-12-6-7-14-27(24)38-2)35-26(19-22-9-4-3-5-10-22)29(37)33-20-23-11-8-13-25(31)18-23/h3-14,17-18,26H,15-16,19-20H2,1-2H3,(H,33,37)(H2,32,34,35,36)/t26-/m0/s1. The number of hydrogen-bond acceptors (Lipinski definition) is 6. The van der Waals surface area contributed by atoms with Gasteiger partial charge in [-0.3, -0.25) is 4.79 Å². The molecule has 1 atom stereocenters. The fraction of sp³-hybridized carbons (Fsp3) is 0.233.